The normalized spacial score (nSPS) is 14.8. The SMILES string of the molecule is COc1ccc(-c2sc(NC(=O)C3CCCC3)nc2C)cc1S(=O)Nc1c(C)ccnc1C. The zero-order valence-corrected chi connectivity index (χ0v) is 20.9. The summed E-state index contributed by atoms with van der Waals surface area (Å²) in [7, 11) is -0.00125. The summed E-state index contributed by atoms with van der Waals surface area (Å²) in [6.45, 7) is 5.74. The molecule has 0 saturated heterocycles. The first-order valence-corrected chi connectivity index (χ1v) is 12.9. The van der Waals surface area contributed by atoms with Crippen LogP contribution < -0.4 is 14.8 Å². The minimum Gasteiger partial charge on any atom is -0.495 e. The Morgan fingerprint density at radius 1 is 1.15 bits per heavy atom. The molecule has 0 bridgehead atoms. The lowest BCUT2D eigenvalue weighted by atomic mass is 10.1. The smallest absolute Gasteiger partial charge is 0.229 e. The number of nitrogens with zero attached hydrogens (tertiary/aromatic N) is 2. The van der Waals surface area contributed by atoms with Gasteiger partial charge < -0.3 is 10.1 Å². The second kappa shape index (κ2) is 10.0. The number of amides is 1. The van der Waals surface area contributed by atoms with Crippen molar-refractivity contribution in [3.8, 4) is 16.2 Å². The number of aromatic nitrogens is 2. The molecule has 9 heteroatoms. The van der Waals surface area contributed by atoms with Gasteiger partial charge in [0.1, 0.15) is 10.6 Å². The van der Waals surface area contributed by atoms with Crippen LogP contribution in [0.15, 0.2) is 35.4 Å². The quantitative estimate of drug-likeness (QED) is 0.468. The number of anilines is 2. The molecule has 174 valence electrons. The fourth-order valence-electron chi connectivity index (χ4n) is 4.07. The van der Waals surface area contributed by atoms with Gasteiger partial charge in [-0.15, -0.1) is 0 Å². The van der Waals surface area contributed by atoms with Gasteiger partial charge in [0.05, 0.1) is 29.1 Å². The fourth-order valence-corrected chi connectivity index (χ4v) is 6.21. The molecular formula is C24H28N4O3S2. The van der Waals surface area contributed by atoms with E-state index in [0.29, 0.717) is 15.8 Å². The average molecular weight is 485 g/mol. The van der Waals surface area contributed by atoms with Crippen LogP contribution in [-0.2, 0) is 15.8 Å². The van der Waals surface area contributed by atoms with Crippen LogP contribution in [0.1, 0.15) is 42.6 Å². The van der Waals surface area contributed by atoms with E-state index in [2.05, 4.69) is 20.0 Å². The summed E-state index contributed by atoms with van der Waals surface area (Å²) in [6.07, 6.45) is 5.84. The van der Waals surface area contributed by atoms with Gasteiger partial charge >= 0.3 is 0 Å². The van der Waals surface area contributed by atoms with Crippen LogP contribution in [0.4, 0.5) is 10.8 Å². The lowest BCUT2D eigenvalue weighted by molar-refractivity contribution is -0.119. The molecule has 1 atom stereocenters. The van der Waals surface area contributed by atoms with E-state index < -0.39 is 11.0 Å². The Morgan fingerprint density at radius 3 is 2.61 bits per heavy atom. The molecule has 0 radical (unpaired) electrons. The molecule has 1 fully saturated rings. The molecule has 4 rings (SSSR count). The summed E-state index contributed by atoms with van der Waals surface area (Å²) in [4.78, 5) is 22.8. The van der Waals surface area contributed by atoms with Crippen molar-refractivity contribution in [3.63, 3.8) is 0 Å². The first-order valence-electron chi connectivity index (χ1n) is 10.9. The van der Waals surface area contributed by atoms with E-state index in [4.69, 9.17) is 4.74 Å². The number of nitrogens with one attached hydrogen (secondary N) is 2. The Hall–Kier alpha value is -2.78. The highest BCUT2D eigenvalue weighted by molar-refractivity contribution is 7.86. The van der Waals surface area contributed by atoms with Crippen LogP contribution in [0.25, 0.3) is 10.4 Å². The lowest BCUT2D eigenvalue weighted by Crippen LogP contribution is -2.20. The Bertz CT molecular complexity index is 1180. The molecule has 7 nitrogen and oxygen atoms in total. The highest BCUT2D eigenvalue weighted by Crippen LogP contribution is 2.37. The molecule has 1 unspecified atom stereocenters. The van der Waals surface area contributed by atoms with Gasteiger partial charge in [-0.25, -0.2) is 9.19 Å². The minimum atomic E-state index is -1.56. The van der Waals surface area contributed by atoms with Crippen molar-refractivity contribution in [2.75, 3.05) is 17.1 Å². The third-order valence-electron chi connectivity index (χ3n) is 5.92. The summed E-state index contributed by atoms with van der Waals surface area (Å²) in [5.41, 5.74) is 4.17. The predicted octanol–water partition coefficient (Wildman–Crippen LogP) is 5.40. The third-order valence-corrected chi connectivity index (χ3v) is 8.15. The summed E-state index contributed by atoms with van der Waals surface area (Å²) in [5, 5.41) is 3.58. The number of rotatable bonds is 7. The first kappa shape index (κ1) is 23.4. The molecular weight excluding hydrogens is 456 g/mol. The second-order valence-corrected chi connectivity index (χ2v) is 10.4. The summed E-state index contributed by atoms with van der Waals surface area (Å²) < 4.78 is 21.9. The van der Waals surface area contributed by atoms with Crippen LogP contribution >= 0.6 is 11.3 Å². The number of methoxy groups -OCH3 is 1. The van der Waals surface area contributed by atoms with Gasteiger partial charge in [-0.2, -0.15) is 0 Å². The number of hydrogen-bond acceptors (Lipinski definition) is 6. The number of ether oxygens (including phenoxy) is 1. The largest absolute Gasteiger partial charge is 0.495 e. The standard InChI is InChI=1S/C24H28N4O3S2/c1-14-11-12-25-15(2)21(14)28-33(30)20-13-18(9-10-19(20)31-4)22-16(3)26-24(32-22)27-23(29)17-7-5-6-8-17/h9-13,17,28H,5-8H2,1-4H3,(H,26,27,29). The van der Waals surface area contributed by atoms with E-state index in [0.717, 1.165) is 58.8 Å². The number of pyridine rings is 1. The maximum atomic E-state index is 13.3. The number of carbonyl (C=O) groups excluding carboxylic acids is 1. The van der Waals surface area contributed by atoms with Crippen molar-refractivity contribution >= 4 is 39.0 Å². The van der Waals surface area contributed by atoms with Crippen molar-refractivity contribution in [2.45, 2.75) is 51.3 Å². The molecule has 2 N–H and O–H groups in total. The van der Waals surface area contributed by atoms with E-state index in [1.807, 2.05) is 45.0 Å². The van der Waals surface area contributed by atoms with Crippen LogP contribution in [0.3, 0.4) is 0 Å². The van der Waals surface area contributed by atoms with Crippen molar-refractivity contribution in [1.29, 1.82) is 0 Å². The van der Waals surface area contributed by atoms with Crippen LogP contribution in [0.2, 0.25) is 0 Å². The second-order valence-electron chi connectivity index (χ2n) is 8.23. The topological polar surface area (TPSA) is 93.2 Å². The van der Waals surface area contributed by atoms with E-state index >= 15 is 0 Å². The van der Waals surface area contributed by atoms with Gasteiger partial charge in [-0.05, 0) is 69.0 Å². The van der Waals surface area contributed by atoms with E-state index in [1.54, 1.807) is 13.3 Å². The number of aryl methyl sites for hydroxylation is 3. The summed E-state index contributed by atoms with van der Waals surface area (Å²) in [5.74, 6) is 0.662. The molecule has 1 aliphatic rings. The maximum absolute atomic E-state index is 13.3. The van der Waals surface area contributed by atoms with Crippen molar-refractivity contribution in [3.05, 3.63) is 47.4 Å². The fraction of sp³-hybridized carbons (Fsp3) is 0.375. The molecule has 1 aromatic carbocycles. The summed E-state index contributed by atoms with van der Waals surface area (Å²) in [6, 6.07) is 7.46. The van der Waals surface area contributed by atoms with Gasteiger partial charge in [0.25, 0.3) is 0 Å². The molecule has 0 aliphatic heterocycles. The van der Waals surface area contributed by atoms with E-state index in [9.17, 15) is 9.00 Å². The van der Waals surface area contributed by atoms with Crippen LogP contribution in [-0.4, -0.2) is 27.2 Å². The number of carbonyl (C=O) groups is 1. The number of thiazole rings is 1. The minimum absolute atomic E-state index is 0.0516. The van der Waals surface area contributed by atoms with Gasteiger partial charge in [-0.1, -0.05) is 24.2 Å². The predicted molar refractivity (Wildman–Crippen MR) is 133 cm³/mol. The molecule has 1 amide bonds. The van der Waals surface area contributed by atoms with E-state index in [1.165, 1.54) is 11.3 Å². The molecule has 33 heavy (non-hydrogen) atoms. The zero-order chi connectivity index (χ0) is 23.5. The third kappa shape index (κ3) is 5.09. The molecule has 1 aliphatic carbocycles. The Kier molecular flexibility index (Phi) is 7.09. The van der Waals surface area contributed by atoms with Gasteiger partial charge in [-0.3, -0.25) is 14.5 Å². The van der Waals surface area contributed by atoms with Gasteiger partial charge in [0, 0.05) is 12.1 Å². The van der Waals surface area contributed by atoms with Crippen molar-refractivity contribution < 1.29 is 13.7 Å². The molecule has 0 spiro atoms. The number of benzene rings is 1. The Labute approximate surface area is 200 Å². The Balaban J connectivity index is 1.61. The van der Waals surface area contributed by atoms with Gasteiger partial charge in [0.15, 0.2) is 16.1 Å². The van der Waals surface area contributed by atoms with Crippen LogP contribution in [0, 0.1) is 26.7 Å². The first-order chi connectivity index (χ1) is 15.9. The molecule has 1 saturated carbocycles. The molecule has 2 heterocycles. The molecule has 3 aromatic rings. The maximum Gasteiger partial charge on any atom is 0.229 e. The highest BCUT2D eigenvalue weighted by Gasteiger charge is 2.24. The van der Waals surface area contributed by atoms with Gasteiger partial charge in [0.2, 0.25) is 5.91 Å². The highest BCUT2D eigenvalue weighted by atomic mass is 32.2. The Morgan fingerprint density at radius 2 is 1.91 bits per heavy atom. The molecule has 2 aromatic heterocycles. The zero-order valence-electron chi connectivity index (χ0n) is 19.2. The number of hydrogen-bond donors (Lipinski definition) is 2. The van der Waals surface area contributed by atoms with Crippen LogP contribution in [0.5, 0.6) is 5.75 Å². The van der Waals surface area contributed by atoms with E-state index in [-0.39, 0.29) is 11.8 Å². The lowest BCUT2D eigenvalue weighted by Gasteiger charge is -2.14. The monoisotopic (exact) mass is 484 g/mol. The van der Waals surface area contributed by atoms with Crippen molar-refractivity contribution in [1.82, 2.24) is 9.97 Å². The van der Waals surface area contributed by atoms with Crippen molar-refractivity contribution in [2.24, 2.45) is 5.92 Å². The average Bonchev–Trinajstić information content (AvgIpc) is 3.46. The summed E-state index contributed by atoms with van der Waals surface area (Å²) >= 11 is 1.43.